The van der Waals surface area contributed by atoms with E-state index in [0.717, 1.165) is 24.6 Å². The molecule has 4 nitrogen and oxygen atoms in total. The number of benzene rings is 1. The number of hydrogen-bond donors (Lipinski definition) is 1. The van der Waals surface area contributed by atoms with Gasteiger partial charge in [0.25, 0.3) is 0 Å². The van der Waals surface area contributed by atoms with Crippen LogP contribution in [0.3, 0.4) is 0 Å². The van der Waals surface area contributed by atoms with Crippen molar-refractivity contribution >= 4 is 0 Å². The monoisotopic (exact) mass is 223 g/mol. The lowest BCUT2D eigenvalue weighted by Crippen LogP contribution is -2.25. The van der Waals surface area contributed by atoms with Crippen LogP contribution in [0.5, 0.6) is 11.5 Å². The molecule has 0 radical (unpaired) electrons. The van der Waals surface area contributed by atoms with Gasteiger partial charge in [0, 0.05) is 20.2 Å². The lowest BCUT2D eigenvalue weighted by Gasteiger charge is -2.10. The van der Waals surface area contributed by atoms with Crippen molar-refractivity contribution in [3.8, 4) is 11.5 Å². The summed E-state index contributed by atoms with van der Waals surface area (Å²) in [6.07, 6.45) is 0.231. The fourth-order valence-corrected chi connectivity index (χ4v) is 1.55. The van der Waals surface area contributed by atoms with E-state index in [4.69, 9.17) is 14.2 Å². The highest BCUT2D eigenvalue weighted by molar-refractivity contribution is 5.44. The molecular weight excluding hydrogens is 206 g/mol. The zero-order valence-electron chi connectivity index (χ0n) is 9.66. The summed E-state index contributed by atoms with van der Waals surface area (Å²) < 4.78 is 15.7. The Morgan fingerprint density at radius 1 is 1.38 bits per heavy atom. The van der Waals surface area contributed by atoms with Crippen molar-refractivity contribution < 1.29 is 14.2 Å². The summed E-state index contributed by atoms with van der Waals surface area (Å²) in [7, 11) is 1.72. The molecule has 1 atom stereocenters. The van der Waals surface area contributed by atoms with Gasteiger partial charge in [0.15, 0.2) is 11.5 Å². The molecule has 2 rings (SSSR count). The molecule has 1 aromatic rings. The molecule has 1 unspecified atom stereocenters. The highest BCUT2D eigenvalue weighted by Crippen LogP contribution is 2.32. The van der Waals surface area contributed by atoms with Crippen LogP contribution in [-0.2, 0) is 11.3 Å². The number of methoxy groups -OCH3 is 1. The van der Waals surface area contributed by atoms with Gasteiger partial charge < -0.3 is 19.5 Å². The summed E-state index contributed by atoms with van der Waals surface area (Å²) in [6, 6.07) is 5.99. The Hall–Kier alpha value is -1.26. The molecule has 0 saturated carbocycles. The van der Waals surface area contributed by atoms with Crippen LogP contribution in [0.1, 0.15) is 12.5 Å². The second kappa shape index (κ2) is 5.18. The maximum atomic E-state index is 5.31. The minimum Gasteiger partial charge on any atom is -0.454 e. The smallest absolute Gasteiger partial charge is 0.231 e. The van der Waals surface area contributed by atoms with Crippen LogP contribution in [0.15, 0.2) is 18.2 Å². The van der Waals surface area contributed by atoms with Crippen LogP contribution in [0.4, 0.5) is 0 Å². The lowest BCUT2D eigenvalue weighted by atomic mass is 10.2. The van der Waals surface area contributed by atoms with Gasteiger partial charge in [-0.05, 0) is 24.6 Å². The number of hydrogen-bond acceptors (Lipinski definition) is 4. The number of nitrogens with one attached hydrogen (secondary N) is 1. The second-order valence-electron chi connectivity index (χ2n) is 3.86. The standard InChI is InChI=1S/C12H17NO3/c1-9(14-2)6-13-7-10-3-4-11-12(5-10)16-8-15-11/h3-5,9,13H,6-8H2,1-2H3. The van der Waals surface area contributed by atoms with Gasteiger partial charge in [-0.25, -0.2) is 0 Å². The summed E-state index contributed by atoms with van der Waals surface area (Å²) in [6.45, 7) is 4.01. The average Bonchev–Trinajstić information content (AvgIpc) is 2.76. The van der Waals surface area contributed by atoms with Crippen LogP contribution < -0.4 is 14.8 Å². The van der Waals surface area contributed by atoms with E-state index >= 15 is 0 Å². The first-order chi connectivity index (χ1) is 7.79. The Kier molecular flexibility index (Phi) is 3.64. The molecule has 4 heteroatoms. The molecule has 0 bridgehead atoms. The first kappa shape index (κ1) is 11.2. The maximum absolute atomic E-state index is 5.31. The highest BCUT2D eigenvalue weighted by Gasteiger charge is 2.12. The van der Waals surface area contributed by atoms with Crippen molar-refractivity contribution in [1.29, 1.82) is 0 Å². The Morgan fingerprint density at radius 2 is 2.19 bits per heavy atom. The van der Waals surface area contributed by atoms with Crippen molar-refractivity contribution in [1.82, 2.24) is 5.32 Å². The van der Waals surface area contributed by atoms with E-state index in [2.05, 4.69) is 5.32 Å². The van der Waals surface area contributed by atoms with E-state index in [1.807, 2.05) is 25.1 Å². The van der Waals surface area contributed by atoms with E-state index < -0.39 is 0 Å². The van der Waals surface area contributed by atoms with E-state index in [9.17, 15) is 0 Å². The van der Waals surface area contributed by atoms with Crippen molar-refractivity contribution in [3.63, 3.8) is 0 Å². The lowest BCUT2D eigenvalue weighted by molar-refractivity contribution is 0.117. The van der Waals surface area contributed by atoms with E-state index in [1.165, 1.54) is 5.56 Å². The summed E-state index contributed by atoms with van der Waals surface area (Å²) in [5.74, 6) is 1.66. The normalized spacial score (nSPS) is 15.1. The van der Waals surface area contributed by atoms with Gasteiger partial charge in [-0.1, -0.05) is 6.07 Å². The Morgan fingerprint density at radius 3 is 3.00 bits per heavy atom. The second-order valence-corrected chi connectivity index (χ2v) is 3.86. The summed E-state index contributed by atoms with van der Waals surface area (Å²) in [5, 5.41) is 3.32. The molecule has 0 spiro atoms. The third-order valence-electron chi connectivity index (χ3n) is 2.60. The molecule has 1 heterocycles. The predicted molar refractivity (Wildman–Crippen MR) is 60.7 cm³/mol. The van der Waals surface area contributed by atoms with E-state index in [1.54, 1.807) is 7.11 Å². The van der Waals surface area contributed by atoms with Crippen LogP contribution in [-0.4, -0.2) is 26.6 Å². The fourth-order valence-electron chi connectivity index (χ4n) is 1.55. The first-order valence-electron chi connectivity index (χ1n) is 5.41. The fraction of sp³-hybridized carbons (Fsp3) is 0.500. The van der Waals surface area contributed by atoms with Crippen molar-refractivity contribution in [2.75, 3.05) is 20.4 Å². The molecule has 1 aliphatic heterocycles. The van der Waals surface area contributed by atoms with Crippen molar-refractivity contribution in [2.24, 2.45) is 0 Å². The zero-order valence-corrected chi connectivity index (χ0v) is 9.66. The number of rotatable bonds is 5. The van der Waals surface area contributed by atoms with Gasteiger partial charge in [0.05, 0.1) is 6.10 Å². The highest BCUT2D eigenvalue weighted by atomic mass is 16.7. The third-order valence-corrected chi connectivity index (χ3v) is 2.60. The Bertz CT molecular complexity index is 354. The van der Waals surface area contributed by atoms with Crippen LogP contribution >= 0.6 is 0 Å². The van der Waals surface area contributed by atoms with Crippen LogP contribution in [0, 0.1) is 0 Å². The summed E-state index contributed by atoms with van der Waals surface area (Å²) in [4.78, 5) is 0. The average molecular weight is 223 g/mol. The first-order valence-corrected chi connectivity index (χ1v) is 5.41. The quantitative estimate of drug-likeness (QED) is 0.822. The molecule has 16 heavy (non-hydrogen) atoms. The summed E-state index contributed by atoms with van der Waals surface area (Å²) in [5.41, 5.74) is 1.19. The number of ether oxygens (including phenoxy) is 3. The van der Waals surface area contributed by atoms with Gasteiger partial charge in [0.2, 0.25) is 6.79 Å². The molecule has 0 saturated heterocycles. The van der Waals surface area contributed by atoms with Crippen LogP contribution in [0.2, 0.25) is 0 Å². The Balaban J connectivity index is 1.86. The van der Waals surface area contributed by atoms with Crippen molar-refractivity contribution in [3.05, 3.63) is 23.8 Å². The zero-order chi connectivity index (χ0) is 11.4. The summed E-state index contributed by atoms with van der Waals surface area (Å²) >= 11 is 0. The molecule has 0 fully saturated rings. The third kappa shape index (κ3) is 2.65. The van der Waals surface area contributed by atoms with Gasteiger partial charge in [-0.2, -0.15) is 0 Å². The molecule has 1 N–H and O–H groups in total. The predicted octanol–water partition coefficient (Wildman–Crippen LogP) is 1.54. The Labute approximate surface area is 95.5 Å². The molecule has 0 aromatic heterocycles. The van der Waals surface area contributed by atoms with E-state index in [0.29, 0.717) is 6.79 Å². The number of fused-ring (bicyclic) bond motifs is 1. The maximum Gasteiger partial charge on any atom is 0.231 e. The molecule has 0 aliphatic carbocycles. The largest absolute Gasteiger partial charge is 0.454 e. The molecule has 0 amide bonds. The van der Waals surface area contributed by atoms with Crippen LogP contribution in [0.25, 0.3) is 0 Å². The minimum absolute atomic E-state index is 0.231. The SMILES string of the molecule is COC(C)CNCc1ccc2c(c1)OCO2. The molecule has 1 aliphatic rings. The van der Waals surface area contributed by atoms with Crippen molar-refractivity contribution in [2.45, 2.75) is 19.6 Å². The topological polar surface area (TPSA) is 39.7 Å². The van der Waals surface area contributed by atoms with Gasteiger partial charge >= 0.3 is 0 Å². The molecular formula is C12H17NO3. The molecule has 88 valence electrons. The minimum atomic E-state index is 0.231. The molecule has 1 aromatic carbocycles. The van der Waals surface area contributed by atoms with Gasteiger partial charge in [0.1, 0.15) is 0 Å². The van der Waals surface area contributed by atoms with E-state index in [-0.39, 0.29) is 6.10 Å². The van der Waals surface area contributed by atoms with Gasteiger partial charge in [-0.15, -0.1) is 0 Å². The van der Waals surface area contributed by atoms with Gasteiger partial charge in [-0.3, -0.25) is 0 Å².